The molecule has 0 aliphatic carbocycles. The van der Waals surface area contributed by atoms with E-state index < -0.39 is 26.5 Å². The van der Waals surface area contributed by atoms with Crippen LogP contribution in [0.5, 0.6) is 0 Å². The van der Waals surface area contributed by atoms with Crippen molar-refractivity contribution in [3.05, 3.63) is 24.3 Å². The first kappa shape index (κ1) is 47.5. The van der Waals surface area contributed by atoms with Crippen LogP contribution in [-0.2, 0) is 32.7 Å². The van der Waals surface area contributed by atoms with Crippen molar-refractivity contribution in [3.63, 3.8) is 0 Å². The Morgan fingerprint density at radius 1 is 0.633 bits per heavy atom. The molecule has 49 heavy (non-hydrogen) atoms. The third-order valence-electron chi connectivity index (χ3n) is 8.25. The highest BCUT2D eigenvalue weighted by molar-refractivity contribution is 7.47. The molecule has 288 valence electrons. The van der Waals surface area contributed by atoms with Gasteiger partial charge in [-0.05, 0) is 32.1 Å². The number of rotatable bonds is 35. The number of phosphoric acid groups is 1. The van der Waals surface area contributed by atoms with Crippen LogP contribution >= 0.6 is 7.82 Å². The molecular weight excluding hydrogens is 641 g/mol. The maximum Gasteiger partial charge on any atom is 0.472 e. The van der Waals surface area contributed by atoms with Gasteiger partial charge in [0.25, 0.3) is 0 Å². The highest BCUT2D eigenvalue weighted by Crippen LogP contribution is 2.43. The van der Waals surface area contributed by atoms with Crippen LogP contribution in [0.3, 0.4) is 0 Å². The lowest BCUT2D eigenvalue weighted by molar-refractivity contribution is -0.870. The number of carbonyl (C=O) groups is 2. The Kier molecular flexibility index (Phi) is 31.4. The van der Waals surface area contributed by atoms with Crippen molar-refractivity contribution in [2.45, 2.75) is 168 Å². The van der Waals surface area contributed by atoms with E-state index in [0.717, 1.165) is 32.1 Å². The lowest BCUT2D eigenvalue weighted by Gasteiger charge is -2.24. The zero-order valence-corrected chi connectivity index (χ0v) is 33.1. The van der Waals surface area contributed by atoms with Crippen molar-refractivity contribution in [1.29, 1.82) is 0 Å². The molecule has 0 heterocycles. The molecule has 0 bridgehead atoms. The van der Waals surface area contributed by atoms with Gasteiger partial charge in [0.2, 0.25) is 0 Å². The molecule has 2 atom stereocenters. The average Bonchev–Trinajstić information content (AvgIpc) is 3.04. The molecule has 0 aliphatic rings. The molecule has 0 aromatic heterocycles. The number of quaternary nitrogens is 1. The predicted molar refractivity (Wildman–Crippen MR) is 201 cm³/mol. The number of unbranched alkanes of at least 4 members (excludes halogenated alkanes) is 17. The summed E-state index contributed by atoms with van der Waals surface area (Å²) in [6, 6.07) is 0. The van der Waals surface area contributed by atoms with Crippen LogP contribution in [0.15, 0.2) is 24.3 Å². The van der Waals surface area contributed by atoms with Gasteiger partial charge in [0, 0.05) is 12.8 Å². The van der Waals surface area contributed by atoms with E-state index in [0.29, 0.717) is 17.4 Å². The number of likely N-dealkylation sites (N-methyl/N-ethyl adjacent to an activating group) is 1. The molecule has 0 amide bonds. The summed E-state index contributed by atoms with van der Waals surface area (Å²) >= 11 is 0. The minimum atomic E-state index is -4.38. The molecule has 2 unspecified atom stereocenters. The summed E-state index contributed by atoms with van der Waals surface area (Å²) in [5.74, 6) is -0.875. The quantitative estimate of drug-likeness (QED) is 0.0227. The number of hydrogen-bond donors (Lipinski definition) is 1. The van der Waals surface area contributed by atoms with Gasteiger partial charge in [0.05, 0.1) is 27.7 Å². The molecule has 0 aromatic rings. The van der Waals surface area contributed by atoms with Crippen LogP contribution in [0.1, 0.15) is 162 Å². The van der Waals surface area contributed by atoms with Gasteiger partial charge in [-0.3, -0.25) is 18.6 Å². The summed E-state index contributed by atoms with van der Waals surface area (Å²) < 4.78 is 34.1. The number of ether oxygens (including phenoxy) is 2. The van der Waals surface area contributed by atoms with Crippen LogP contribution in [-0.4, -0.2) is 74.9 Å². The first-order valence-corrected chi connectivity index (χ1v) is 21.1. The smallest absolute Gasteiger partial charge is 0.462 e. The molecule has 0 saturated carbocycles. The van der Waals surface area contributed by atoms with Crippen molar-refractivity contribution in [1.82, 2.24) is 0 Å². The third kappa shape index (κ3) is 36.1. The Labute approximate surface area is 300 Å². The van der Waals surface area contributed by atoms with Crippen molar-refractivity contribution in [3.8, 4) is 0 Å². The molecule has 0 saturated heterocycles. The molecule has 0 fully saturated rings. The second kappa shape index (κ2) is 32.4. The number of esters is 2. The van der Waals surface area contributed by atoms with Gasteiger partial charge in [-0.2, -0.15) is 0 Å². The largest absolute Gasteiger partial charge is 0.472 e. The Morgan fingerprint density at radius 3 is 1.69 bits per heavy atom. The van der Waals surface area contributed by atoms with Gasteiger partial charge >= 0.3 is 19.8 Å². The van der Waals surface area contributed by atoms with Crippen LogP contribution in [0.25, 0.3) is 0 Å². The number of allylic oxidation sites excluding steroid dienone is 4. The Bertz CT molecular complexity index is 902. The zero-order chi connectivity index (χ0) is 36.5. The van der Waals surface area contributed by atoms with Gasteiger partial charge in [-0.1, -0.05) is 141 Å². The van der Waals surface area contributed by atoms with Crippen LogP contribution < -0.4 is 0 Å². The minimum absolute atomic E-state index is 0.0241. The van der Waals surface area contributed by atoms with E-state index in [1.807, 2.05) is 33.3 Å². The Hall–Kier alpha value is -1.51. The second-order valence-electron chi connectivity index (χ2n) is 14.3. The summed E-state index contributed by atoms with van der Waals surface area (Å²) in [5.41, 5.74) is 0. The van der Waals surface area contributed by atoms with Crippen molar-refractivity contribution < 1.29 is 42.1 Å². The third-order valence-corrected chi connectivity index (χ3v) is 9.23. The molecule has 0 aromatic carbocycles. The second-order valence-corrected chi connectivity index (χ2v) is 15.8. The highest BCUT2D eigenvalue weighted by atomic mass is 31.2. The van der Waals surface area contributed by atoms with E-state index in [-0.39, 0.29) is 32.0 Å². The maximum absolute atomic E-state index is 12.6. The molecule has 1 N–H and O–H groups in total. The molecule has 0 radical (unpaired) electrons. The highest BCUT2D eigenvalue weighted by Gasteiger charge is 2.27. The Morgan fingerprint density at radius 2 is 1.14 bits per heavy atom. The van der Waals surface area contributed by atoms with E-state index in [9.17, 15) is 19.0 Å². The average molecular weight is 717 g/mol. The van der Waals surface area contributed by atoms with E-state index >= 15 is 0 Å². The first-order valence-electron chi connectivity index (χ1n) is 19.6. The van der Waals surface area contributed by atoms with E-state index in [1.165, 1.54) is 96.3 Å². The van der Waals surface area contributed by atoms with Gasteiger partial charge in [-0.25, -0.2) is 4.57 Å². The fourth-order valence-electron chi connectivity index (χ4n) is 5.12. The van der Waals surface area contributed by atoms with Crippen LogP contribution in [0.4, 0.5) is 0 Å². The van der Waals surface area contributed by atoms with Gasteiger partial charge in [-0.15, -0.1) is 0 Å². The summed E-state index contributed by atoms with van der Waals surface area (Å²) in [5, 5.41) is 0. The standard InChI is InChI=1S/C39H74NO8P/c1-6-8-10-12-14-16-18-20-22-24-26-28-30-32-39(42)48-37(36-47-49(43,44)46-34-33-40(3,4)5)35-45-38(41)31-29-27-25-23-21-19-17-15-13-11-9-7-2/h20,22,26,28,37H,6-19,21,23-25,27,29-36H2,1-5H3/p+1/b22-20+,28-26+. The van der Waals surface area contributed by atoms with Crippen molar-refractivity contribution in [2.24, 2.45) is 0 Å². The normalized spacial score (nSPS) is 14.0. The number of carbonyl (C=O) groups excluding carboxylic acids is 2. The van der Waals surface area contributed by atoms with Crippen LogP contribution in [0.2, 0.25) is 0 Å². The maximum atomic E-state index is 12.6. The van der Waals surface area contributed by atoms with Crippen molar-refractivity contribution in [2.75, 3.05) is 47.5 Å². The number of hydrogen-bond acceptors (Lipinski definition) is 7. The van der Waals surface area contributed by atoms with Gasteiger partial charge in [0.15, 0.2) is 6.10 Å². The monoisotopic (exact) mass is 717 g/mol. The molecule has 0 rings (SSSR count). The summed E-state index contributed by atoms with van der Waals surface area (Å²) in [4.78, 5) is 35.1. The first-order chi connectivity index (χ1) is 23.5. The molecular formula is C39H75NO8P+. The van der Waals surface area contributed by atoms with E-state index in [4.69, 9.17) is 18.5 Å². The fraction of sp³-hybridized carbons (Fsp3) is 0.846. The summed E-state index contributed by atoms with van der Waals surface area (Å²) in [7, 11) is 1.45. The van der Waals surface area contributed by atoms with Crippen molar-refractivity contribution >= 4 is 19.8 Å². The number of nitrogens with zero attached hydrogens (tertiary/aromatic N) is 1. The van der Waals surface area contributed by atoms with E-state index in [1.54, 1.807) is 0 Å². The fourth-order valence-corrected chi connectivity index (χ4v) is 5.87. The summed E-state index contributed by atoms with van der Waals surface area (Å²) in [6.07, 6.45) is 32.4. The van der Waals surface area contributed by atoms with Gasteiger partial charge in [0.1, 0.15) is 19.8 Å². The van der Waals surface area contributed by atoms with Crippen LogP contribution in [0, 0.1) is 0 Å². The summed E-state index contributed by atoms with van der Waals surface area (Å²) in [6.45, 7) is 4.33. The Balaban J connectivity index is 4.51. The molecule has 0 aliphatic heterocycles. The molecule has 10 heteroatoms. The molecule has 0 spiro atoms. The zero-order valence-electron chi connectivity index (χ0n) is 32.2. The lowest BCUT2D eigenvalue weighted by atomic mass is 10.0. The topological polar surface area (TPSA) is 108 Å². The lowest BCUT2D eigenvalue weighted by Crippen LogP contribution is -2.37. The molecule has 9 nitrogen and oxygen atoms in total. The predicted octanol–water partition coefficient (Wildman–Crippen LogP) is 10.4. The van der Waals surface area contributed by atoms with Gasteiger partial charge < -0.3 is 18.9 Å². The minimum Gasteiger partial charge on any atom is -0.462 e. The van der Waals surface area contributed by atoms with E-state index in [2.05, 4.69) is 26.0 Å². The number of phosphoric ester groups is 1. The SMILES string of the molecule is CCCCCCCC/C=C/C/C=C/CCC(=O)OC(COC(=O)CCCCCCCCCCCCCC)COP(=O)(O)OCC[N+](C)(C)C.